The van der Waals surface area contributed by atoms with E-state index in [4.69, 9.17) is 5.73 Å². The van der Waals surface area contributed by atoms with Crippen molar-refractivity contribution >= 4 is 5.96 Å². The molecule has 0 saturated carbocycles. The van der Waals surface area contributed by atoms with Crippen LogP contribution >= 0.6 is 0 Å². The molecule has 0 aliphatic rings. The fourth-order valence-corrected chi connectivity index (χ4v) is 0.517. The Morgan fingerprint density at radius 1 is 1.82 bits per heavy atom. The Morgan fingerprint density at radius 3 is 2.91 bits per heavy atom. The number of nitrogens with zero attached hydrogens (tertiary/aromatic N) is 2. The van der Waals surface area contributed by atoms with Crippen LogP contribution in [0.2, 0.25) is 0 Å². The van der Waals surface area contributed by atoms with Crippen molar-refractivity contribution in [2.75, 3.05) is 6.54 Å². The Labute approximate surface area is 64.6 Å². The van der Waals surface area contributed by atoms with Gasteiger partial charge in [-0.15, -0.1) is 0 Å². The monoisotopic (exact) mass is 160 g/mol. The summed E-state index contributed by atoms with van der Waals surface area (Å²) in [7, 11) is 0. The molecular weight excluding hydrogens is 148 g/mol. The van der Waals surface area contributed by atoms with E-state index in [9.17, 15) is 10.1 Å². The van der Waals surface area contributed by atoms with Crippen LogP contribution in [0.25, 0.3) is 0 Å². The maximum atomic E-state index is 9.74. The van der Waals surface area contributed by atoms with Crippen LogP contribution in [0, 0.1) is 10.1 Å². The van der Waals surface area contributed by atoms with Gasteiger partial charge in [-0.1, -0.05) is 13.3 Å². The summed E-state index contributed by atoms with van der Waals surface area (Å²) in [6, 6.07) is 0. The summed E-state index contributed by atoms with van der Waals surface area (Å²) in [6.45, 7) is 2.64. The van der Waals surface area contributed by atoms with Crippen LogP contribution in [0.5, 0.6) is 0 Å². The van der Waals surface area contributed by atoms with Crippen molar-refractivity contribution < 1.29 is 5.03 Å². The highest BCUT2D eigenvalue weighted by molar-refractivity contribution is 5.76. The third kappa shape index (κ3) is 6.56. The zero-order valence-corrected chi connectivity index (χ0v) is 6.41. The van der Waals surface area contributed by atoms with Crippen LogP contribution in [0.3, 0.4) is 0 Å². The first-order chi connectivity index (χ1) is 5.16. The molecule has 0 spiro atoms. The lowest BCUT2D eigenvalue weighted by Crippen LogP contribution is -2.33. The average Bonchev–Trinajstić information content (AvgIpc) is 1.86. The van der Waals surface area contributed by atoms with Crippen molar-refractivity contribution in [1.29, 1.82) is 0 Å². The van der Waals surface area contributed by atoms with Gasteiger partial charge in [0.15, 0.2) is 5.03 Å². The van der Waals surface area contributed by atoms with Gasteiger partial charge in [0, 0.05) is 6.54 Å². The highest BCUT2D eigenvalue weighted by atomic mass is 16.7. The molecule has 0 atom stereocenters. The number of nitrogens with one attached hydrogen (secondary N) is 1. The van der Waals surface area contributed by atoms with Crippen LogP contribution in [0.15, 0.2) is 5.10 Å². The fraction of sp³-hybridized carbons (Fsp3) is 0.800. The minimum absolute atomic E-state index is 0.136. The van der Waals surface area contributed by atoms with E-state index in [0.717, 1.165) is 12.8 Å². The van der Waals surface area contributed by atoms with E-state index in [0.29, 0.717) is 6.54 Å². The zero-order valence-electron chi connectivity index (χ0n) is 6.41. The first kappa shape index (κ1) is 9.67. The van der Waals surface area contributed by atoms with E-state index >= 15 is 0 Å². The van der Waals surface area contributed by atoms with Crippen molar-refractivity contribution in [1.82, 2.24) is 5.32 Å². The van der Waals surface area contributed by atoms with Gasteiger partial charge in [0.2, 0.25) is 0 Å². The second kappa shape index (κ2) is 5.45. The first-order valence-electron chi connectivity index (χ1n) is 3.39. The second-order valence-corrected chi connectivity index (χ2v) is 2.00. The van der Waals surface area contributed by atoms with E-state index in [1.165, 1.54) is 0 Å². The molecule has 0 aromatic rings. The lowest BCUT2D eigenvalue weighted by molar-refractivity contribution is -0.485. The number of hydrazone groups is 1. The molecule has 0 heterocycles. The summed E-state index contributed by atoms with van der Waals surface area (Å²) in [5, 5.41) is 14.4. The minimum Gasteiger partial charge on any atom is -0.365 e. The number of nitro groups is 1. The molecule has 0 aromatic carbocycles. The highest BCUT2D eigenvalue weighted by Crippen LogP contribution is 1.81. The largest absolute Gasteiger partial charge is 0.365 e. The van der Waals surface area contributed by atoms with Gasteiger partial charge in [0.1, 0.15) is 5.10 Å². The quantitative estimate of drug-likeness (QED) is 0.197. The molecule has 0 unspecified atom stereocenters. The number of hydrogen-bond donors (Lipinski definition) is 2. The standard InChI is InChI=1S/C5H12N4O2/c1-2-3-4-7-5(6)8-9(10)11/h2-4H2,1H3,(H3,6,7,8). The maximum absolute atomic E-state index is 9.74. The molecule has 6 nitrogen and oxygen atoms in total. The summed E-state index contributed by atoms with van der Waals surface area (Å²) in [5.41, 5.74) is 5.11. The van der Waals surface area contributed by atoms with Gasteiger partial charge in [-0.2, -0.15) is 0 Å². The van der Waals surface area contributed by atoms with Crippen LogP contribution in [-0.4, -0.2) is 17.5 Å². The Kier molecular flexibility index (Phi) is 4.80. The predicted octanol–water partition coefficient (Wildman–Crippen LogP) is -0.117. The molecule has 0 fully saturated rings. The number of hydrogen-bond acceptors (Lipinski definition) is 2. The lowest BCUT2D eigenvalue weighted by Gasteiger charge is -1.98. The number of guanidine groups is 1. The molecular formula is C5H12N4O2. The van der Waals surface area contributed by atoms with E-state index in [2.05, 4.69) is 10.4 Å². The third-order valence-corrected chi connectivity index (χ3v) is 1.03. The zero-order chi connectivity index (χ0) is 8.69. The number of unbranched alkanes of at least 4 members (excludes halogenated alkanes) is 1. The average molecular weight is 160 g/mol. The van der Waals surface area contributed by atoms with Crippen molar-refractivity contribution in [3.05, 3.63) is 10.1 Å². The Hall–Kier alpha value is -1.33. The Balaban J connectivity index is 3.51. The summed E-state index contributed by atoms with van der Waals surface area (Å²) in [6.07, 6.45) is 1.94. The SMILES string of the molecule is CCCCNC(N)=N[N+](=O)[O-]. The van der Waals surface area contributed by atoms with Gasteiger partial charge < -0.3 is 11.1 Å². The maximum Gasteiger partial charge on any atom is 0.266 e. The molecule has 0 aliphatic carbocycles. The smallest absolute Gasteiger partial charge is 0.266 e. The normalized spacial score (nSPS) is 11.2. The van der Waals surface area contributed by atoms with Crippen LogP contribution in [0.1, 0.15) is 19.8 Å². The summed E-state index contributed by atoms with van der Waals surface area (Å²) >= 11 is 0. The topological polar surface area (TPSA) is 93.5 Å². The Bertz CT molecular complexity index is 157. The van der Waals surface area contributed by atoms with E-state index in [-0.39, 0.29) is 5.96 Å². The highest BCUT2D eigenvalue weighted by Gasteiger charge is 1.95. The van der Waals surface area contributed by atoms with Gasteiger partial charge in [0.25, 0.3) is 5.96 Å². The molecule has 0 amide bonds. The summed E-state index contributed by atoms with van der Waals surface area (Å²) in [5.74, 6) is -0.136. The molecule has 0 rings (SSSR count). The molecule has 0 bridgehead atoms. The molecule has 0 radical (unpaired) electrons. The third-order valence-electron chi connectivity index (χ3n) is 1.03. The van der Waals surface area contributed by atoms with Gasteiger partial charge in [-0.25, -0.2) is 10.1 Å². The molecule has 0 aromatic heterocycles. The van der Waals surface area contributed by atoms with E-state index in [1.54, 1.807) is 0 Å². The molecule has 64 valence electrons. The fourth-order valence-electron chi connectivity index (χ4n) is 0.517. The number of nitrogens with two attached hydrogens (primary N) is 1. The van der Waals surface area contributed by atoms with Crippen molar-refractivity contribution in [2.24, 2.45) is 10.8 Å². The molecule has 3 N–H and O–H groups in total. The second-order valence-electron chi connectivity index (χ2n) is 2.00. The van der Waals surface area contributed by atoms with E-state index in [1.807, 2.05) is 6.92 Å². The predicted molar refractivity (Wildman–Crippen MR) is 41.5 cm³/mol. The van der Waals surface area contributed by atoms with Gasteiger partial charge in [-0.3, -0.25) is 0 Å². The van der Waals surface area contributed by atoms with Crippen molar-refractivity contribution in [2.45, 2.75) is 19.8 Å². The van der Waals surface area contributed by atoms with Gasteiger partial charge >= 0.3 is 0 Å². The molecule has 6 heteroatoms. The van der Waals surface area contributed by atoms with Crippen molar-refractivity contribution in [3.8, 4) is 0 Å². The molecule has 11 heavy (non-hydrogen) atoms. The van der Waals surface area contributed by atoms with Crippen LogP contribution < -0.4 is 11.1 Å². The van der Waals surface area contributed by atoms with Crippen molar-refractivity contribution in [3.63, 3.8) is 0 Å². The van der Waals surface area contributed by atoms with Gasteiger partial charge in [0.05, 0.1) is 0 Å². The van der Waals surface area contributed by atoms with E-state index < -0.39 is 5.03 Å². The molecule has 0 aliphatic heterocycles. The minimum atomic E-state index is -0.825. The van der Waals surface area contributed by atoms with Crippen LogP contribution in [0.4, 0.5) is 0 Å². The first-order valence-corrected chi connectivity index (χ1v) is 3.39. The van der Waals surface area contributed by atoms with Crippen LogP contribution in [-0.2, 0) is 0 Å². The Morgan fingerprint density at radius 2 is 2.45 bits per heavy atom. The number of rotatable bonds is 4. The molecule has 0 saturated heterocycles. The summed E-state index contributed by atoms with van der Waals surface area (Å²) < 4.78 is 0. The summed E-state index contributed by atoms with van der Waals surface area (Å²) in [4.78, 5) is 9.74. The lowest BCUT2D eigenvalue weighted by atomic mass is 10.3. The van der Waals surface area contributed by atoms with Gasteiger partial charge in [-0.05, 0) is 6.42 Å².